The van der Waals surface area contributed by atoms with Crippen LogP contribution in [0.15, 0.2) is 65.6 Å². The van der Waals surface area contributed by atoms with E-state index in [0.717, 1.165) is 47.5 Å². The molecule has 3 aromatic rings. The molecule has 3 aromatic carbocycles. The summed E-state index contributed by atoms with van der Waals surface area (Å²) in [4.78, 5) is 29.4. The molecule has 4 rings (SSSR count). The Bertz CT molecular complexity index is 1660. The van der Waals surface area contributed by atoms with Crippen molar-refractivity contribution >= 4 is 27.5 Å². The van der Waals surface area contributed by atoms with Crippen molar-refractivity contribution in [1.82, 2.24) is 10.2 Å². The van der Waals surface area contributed by atoms with Gasteiger partial charge in [-0.25, -0.2) is 8.42 Å². The molecule has 2 amide bonds. The minimum absolute atomic E-state index is 0.0390. The lowest BCUT2D eigenvalue weighted by atomic mass is 9.95. The molecular formula is C35H45N3O8S. The first-order chi connectivity index (χ1) is 22.5. The zero-order chi connectivity index (χ0) is 34.1. The first kappa shape index (κ1) is 35.4. The molecule has 0 saturated heterocycles. The van der Waals surface area contributed by atoms with Gasteiger partial charge >= 0.3 is 0 Å². The van der Waals surface area contributed by atoms with E-state index in [9.17, 15) is 18.0 Å². The van der Waals surface area contributed by atoms with Crippen LogP contribution in [-0.4, -0.2) is 72.2 Å². The van der Waals surface area contributed by atoms with Gasteiger partial charge in [0.2, 0.25) is 11.8 Å². The molecule has 11 nitrogen and oxygen atoms in total. The number of aryl methyl sites for hydroxylation is 1. The Kier molecular flexibility index (Phi) is 12.0. The maximum absolute atomic E-state index is 14.5. The van der Waals surface area contributed by atoms with Crippen molar-refractivity contribution in [2.45, 2.75) is 69.5 Å². The van der Waals surface area contributed by atoms with Crippen LogP contribution in [0.5, 0.6) is 23.0 Å². The Morgan fingerprint density at radius 2 is 1.51 bits per heavy atom. The first-order valence-electron chi connectivity index (χ1n) is 15.6. The molecule has 1 aliphatic rings. The summed E-state index contributed by atoms with van der Waals surface area (Å²) >= 11 is 0. The predicted octanol–water partition coefficient (Wildman–Crippen LogP) is 5.09. The van der Waals surface area contributed by atoms with Crippen LogP contribution in [0.2, 0.25) is 0 Å². The van der Waals surface area contributed by atoms with Gasteiger partial charge in [0, 0.05) is 24.7 Å². The summed E-state index contributed by atoms with van der Waals surface area (Å²) in [7, 11) is 1.30. The van der Waals surface area contributed by atoms with Crippen molar-refractivity contribution in [2.75, 3.05) is 39.3 Å². The van der Waals surface area contributed by atoms with Gasteiger partial charge in [-0.15, -0.1) is 0 Å². The lowest BCUT2D eigenvalue weighted by Crippen LogP contribution is -2.53. The van der Waals surface area contributed by atoms with Crippen molar-refractivity contribution in [3.8, 4) is 23.0 Å². The number of benzene rings is 3. The molecule has 1 fully saturated rings. The summed E-state index contributed by atoms with van der Waals surface area (Å²) in [6.45, 7) is 3.07. The molecular weight excluding hydrogens is 622 g/mol. The van der Waals surface area contributed by atoms with Crippen molar-refractivity contribution in [1.29, 1.82) is 0 Å². The number of nitrogens with one attached hydrogen (secondary N) is 1. The number of ether oxygens (including phenoxy) is 4. The number of carbonyl (C=O) groups is 2. The molecule has 0 aliphatic heterocycles. The third-order valence-corrected chi connectivity index (χ3v) is 10.4. The number of amides is 2. The summed E-state index contributed by atoms with van der Waals surface area (Å²) in [5.41, 5.74) is 1.87. The molecule has 0 aromatic heterocycles. The number of hydrogen-bond donors (Lipinski definition) is 1. The van der Waals surface area contributed by atoms with Crippen molar-refractivity contribution < 1.29 is 37.0 Å². The van der Waals surface area contributed by atoms with E-state index in [0.29, 0.717) is 11.5 Å². The van der Waals surface area contributed by atoms with Gasteiger partial charge in [0.15, 0.2) is 11.5 Å². The van der Waals surface area contributed by atoms with E-state index in [2.05, 4.69) is 5.32 Å². The van der Waals surface area contributed by atoms with Gasteiger partial charge in [0.1, 0.15) is 24.1 Å². The number of hydrogen-bond acceptors (Lipinski definition) is 8. The smallest absolute Gasteiger partial charge is 0.265 e. The largest absolute Gasteiger partial charge is 0.497 e. The number of anilines is 1. The van der Waals surface area contributed by atoms with Gasteiger partial charge in [-0.05, 0) is 62.1 Å². The van der Waals surface area contributed by atoms with Crippen LogP contribution in [0.3, 0.4) is 0 Å². The molecule has 0 heterocycles. The van der Waals surface area contributed by atoms with E-state index in [4.69, 9.17) is 18.9 Å². The molecule has 47 heavy (non-hydrogen) atoms. The van der Waals surface area contributed by atoms with Crippen LogP contribution in [0, 0.1) is 6.92 Å². The minimum atomic E-state index is -4.43. The highest BCUT2D eigenvalue weighted by Crippen LogP contribution is 2.38. The van der Waals surface area contributed by atoms with Crippen molar-refractivity contribution in [3.05, 3.63) is 71.8 Å². The van der Waals surface area contributed by atoms with Crippen LogP contribution in [0.25, 0.3) is 0 Å². The fourth-order valence-corrected chi connectivity index (χ4v) is 7.16. The monoisotopic (exact) mass is 667 g/mol. The molecule has 0 radical (unpaired) electrons. The quantitative estimate of drug-likeness (QED) is 0.252. The van der Waals surface area contributed by atoms with E-state index in [-0.39, 0.29) is 40.6 Å². The highest BCUT2D eigenvalue weighted by Gasteiger charge is 2.35. The summed E-state index contributed by atoms with van der Waals surface area (Å²) < 4.78 is 51.6. The molecule has 254 valence electrons. The van der Waals surface area contributed by atoms with Crippen LogP contribution >= 0.6 is 0 Å². The summed E-state index contributed by atoms with van der Waals surface area (Å²) in [5.74, 6) is 0.247. The van der Waals surface area contributed by atoms with E-state index in [1.165, 1.54) is 57.6 Å². The fourth-order valence-electron chi connectivity index (χ4n) is 5.73. The van der Waals surface area contributed by atoms with Gasteiger partial charge in [-0.2, -0.15) is 0 Å². The summed E-state index contributed by atoms with van der Waals surface area (Å²) in [5, 5.41) is 3.13. The second-order valence-corrected chi connectivity index (χ2v) is 13.4. The van der Waals surface area contributed by atoms with Crippen LogP contribution in [0.1, 0.15) is 50.2 Å². The van der Waals surface area contributed by atoms with E-state index >= 15 is 0 Å². The lowest BCUT2D eigenvalue weighted by Gasteiger charge is -2.34. The highest BCUT2D eigenvalue weighted by molar-refractivity contribution is 7.92. The Balaban J connectivity index is 1.79. The third-order valence-electron chi connectivity index (χ3n) is 8.60. The molecule has 1 atom stereocenters. The number of carbonyl (C=O) groups excluding carboxylic acids is 2. The van der Waals surface area contributed by atoms with Crippen molar-refractivity contribution in [3.63, 3.8) is 0 Å². The Labute approximate surface area is 277 Å². The maximum atomic E-state index is 14.5. The normalized spacial score (nSPS) is 14.1. The van der Waals surface area contributed by atoms with E-state index in [1.807, 2.05) is 31.2 Å². The average Bonchev–Trinajstić information content (AvgIpc) is 3.09. The molecule has 1 aliphatic carbocycles. The van der Waals surface area contributed by atoms with Gasteiger partial charge in [0.05, 0.1) is 39.0 Å². The first-order valence-corrected chi connectivity index (χ1v) is 17.1. The van der Waals surface area contributed by atoms with Crippen LogP contribution in [-0.2, 0) is 26.2 Å². The highest BCUT2D eigenvalue weighted by atomic mass is 32.2. The molecule has 0 bridgehead atoms. The van der Waals surface area contributed by atoms with Crippen molar-refractivity contribution in [2.24, 2.45) is 0 Å². The SMILES string of the molecule is COc1ccc(OC)c(N(CC(=O)N(Cc2ccccc2C)[C@H](C)C(=O)NC2CCCCC2)S(=O)(=O)c2ccc(OC)c(OC)c2)c1. The van der Waals surface area contributed by atoms with Crippen LogP contribution in [0.4, 0.5) is 5.69 Å². The molecule has 1 saturated carbocycles. The molecule has 0 spiro atoms. The fraction of sp³-hybridized carbons (Fsp3) is 0.429. The van der Waals surface area contributed by atoms with Gasteiger partial charge in [-0.3, -0.25) is 13.9 Å². The maximum Gasteiger partial charge on any atom is 0.265 e. The summed E-state index contributed by atoms with van der Waals surface area (Å²) in [6.07, 6.45) is 4.99. The Morgan fingerprint density at radius 3 is 2.15 bits per heavy atom. The van der Waals surface area contributed by atoms with Gasteiger partial charge in [0.25, 0.3) is 10.0 Å². The number of methoxy groups -OCH3 is 4. The lowest BCUT2D eigenvalue weighted by molar-refractivity contribution is -0.139. The molecule has 12 heteroatoms. The topological polar surface area (TPSA) is 124 Å². The third kappa shape index (κ3) is 8.29. The zero-order valence-electron chi connectivity index (χ0n) is 27.9. The minimum Gasteiger partial charge on any atom is -0.497 e. The summed E-state index contributed by atoms with van der Waals surface area (Å²) in [6, 6.07) is 15.6. The van der Waals surface area contributed by atoms with Gasteiger partial charge in [-0.1, -0.05) is 43.5 Å². The van der Waals surface area contributed by atoms with E-state index in [1.54, 1.807) is 19.1 Å². The number of nitrogens with zero attached hydrogens (tertiary/aromatic N) is 2. The average molecular weight is 668 g/mol. The number of sulfonamides is 1. The number of rotatable bonds is 14. The standard InChI is InChI=1S/C35H45N3O8S/c1-24-12-10-11-13-26(24)22-37(25(2)35(40)36-27-14-8-7-9-15-27)34(39)23-38(30-20-28(43-3)16-18-31(30)44-4)47(41,42)29-17-19-32(45-5)33(21-29)46-6/h10-13,16-21,25,27H,7-9,14-15,22-23H2,1-6H3,(H,36,40)/t25-/m1/s1. The predicted molar refractivity (Wildman–Crippen MR) is 180 cm³/mol. The zero-order valence-corrected chi connectivity index (χ0v) is 28.8. The Hall–Kier alpha value is -4.45. The van der Waals surface area contributed by atoms with E-state index < -0.39 is 28.5 Å². The van der Waals surface area contributed by atoms with Crippen LogP contribution < -0.4 is 28.6 Å². The Morgan fingerprint density at radius 1 is 0.851 bits per heavy atom. The second kappa shape index (κ2) is 15.9. The second-order valence-electron chi connectivity index (χ2n) is 11.5. The van der Waals surface area contributed by atoms with Gasteiger partial charge < -0.3 is 29.2 Å². The molecule has 1 N–H and O–H groups in total. The molecule has 0 unspecified atom stereocenters.